The molecule has 0 bridgehead atoms. The van der Waals surface area contributed by atoms with Crippen LogP contribution in [0.5, 0.6) is 0 Å². The van der Waals surface area contributed by atoms with Crippen molar-refractivity contribution in [3.63, 3.8) is 0 Å². The fourth-order valence-electron chi connectivity index (χ4n) is 3.08. The second kappa shape index (κ2) is 9.87. The van der Waals surface area contributed by atoms with Gasteiger partial charge in [-0.25, -0.2) is 0 Å². The van der Waals surface area contributed by atoms with E-state index in [-0.39, 0.29) is 23.9 Å². The molecule has 0 unspecified atom stereocenters. The molecule has 0 aliphatic heterocycles. The molecule has 152 valence electrons. The first-order valence-electron chi connectivity index (χ1n) is 9.88. The molecule has 0 saturated heterocycles. The summed E-state index contributed by atoms with van der Waals surface area (Å²) < 4.78 is 0. The standard InChI is InChI=1S/C23H32N2O2S/c1-6-10-21(26)25(23(3,4)5)17-22(27)24(15-19-11-8-7-9-12-19)16-20-14-13-18(2)28-20/h7-9,11-14H,6,10,15-17H2,1-5H3. The van der Waals surface area contributed by atoms with Crippen molar-refractivity contribution in [2.45, 2.75) is 66.1 Å². The predicted molar refractivity (Wildman–Crippen MR) is 116 cm³/mol. The van der Waals surface area contributed by atoms with Crippen molar-refractivity contribution in [3.8, 4) is 0 Å². The summed E-state index contributed by atoms with van der Waals surface area (Å²) in [5.74, 6) is 0.0178. The lowest BCUT2D eigenvalue weighted by Gasteiger charge is -2.37. The number of carbonyl (C=O) groups excluding carboxylic acids is 2. The van der Waals surface area contributed by atoms with Gasteiger partial charge in [0.05, 0.1) is 6.54 Å². The van der Waals surface area contributed by atoms with E-state index in [4.69, 9.17) is 0 Å². The van der Waals surface area contributed by atoms with Crippen LogP contribution in [-0.2, 0) is 22.7 Å². The number of hydrogen-bond acceptors (Lipinski definition) is 3. The van der Waals surface area contributed by atoms with Crippen LogP contribution in [-0.4, -0.2) is 33.7 Å². The Morgan fingerprint density at radius 1 is 0.964 bits per heavy atom. The molecule has 0 atom stereocenters. The third-order valence-electron chi connectivity index (χ3n) is 4.58. The van der Waals surface area contributed by atoms with Gasteiger partial charge in [0.1, 0.15) is 6.54 Å². The van der Waals surface area contributed by atoms with E-state index in [1.807, 2.05) is 62.9 Å². The second-order valence-corrected chi connectivity index (χ2v) is 9.52. The highest BCUT2D eigenvalue weighted by Gasteiger charge is 2.29. The number of aryl methyl sites for hydroxylation is 1. The van der Waals surface area contributed by atoms with Gasteiger partial charge in [-0.1, -0.05) is 37.3 Å². The first-order valence-corrected chi connectivity index (χ1v) is 10.7. The minimum Gasteiger partial charge on any atom is -0.332 e. The Bertz CT molecular complexity index is 777. The van der Waals surface area contributed by atoms with Crippen molar-refractivity contribution in [3.05, 3.63) is 57.8 Å². The number of thiophene rings is 1. The van der Waals surface area contributed by atoms with Crippen molar-refractivity contribution < 1.29 is 9.59 Å². The molecule has 0 N–H and O–H groups in total. The molecule has 5 heteroatoms. The van der Waals surface area contributed by atoms with Crippen LogP contribution in [0.15, 0.2) is 42.5 Å². The average molecular weight is 401 g/mol. The van der Waals surface area contributed by atoms with Crippen LogP contribution >= 0.6 is 11.3 Å². The van der Waals surface area contributed by atoms with Crippen LogP contribution < -0.4 is 0 Å². The normalized spacial score (nSPS) is 11.3. The van der Waals surface area contributed by atoms with E-state index in [9.17, 15) is 9.59 Å². The SMILES string of the molecule is CCCC(=O)N(CC(=O)N(Cc1ccccc1)Cc1ccc(C)s1)C(C)(C)C. The molecule has 1 aromatic heterocycles. The van der Waals surface area contributed by atoms with Crippen molar-refractivity contribution >= 4 is 23.2 Å². The third-order valence-corrected chi connectivity index (χ3v) is 5.57. The van der Waals surface area contributed by atoms with Gasteiger partial charge in [-0.05, 0) is 51.8 Å². The zero-order chi connectivity index (χ0) is 20.7. The summed E-state index contributed by atoms with van der Waals surface area (Å²) in [6.07, 6.45) is 1.25. The summed E-state index contributed by atoms with van der Waals surface area (Å²) in [5, 5.41) is 0. The molecule has 0 aliphatic carbocycles. The maximum absolute atomic E-state index is 13.3. The van der Waals surface area contributed by atoms with Crippen molar-refractivity contribution in [1.82, 2.24) is 9.80 Å². The number of nitrogens with zero attached hydrogens (tertiary/aromatic N) is 2. The van der Waals surface area contributed by atoms with E-state index in [1.54, 1.807) is 16.2 Å². The number of hydrogen-bond donors (Lipinski definition) is 0. The van der Waals surface area contributed by atoms with Crippen LogP contribution in [0.4, 0.5) is 0 Å². The zero-order valence-electron chi connectivity index (χ0n) is 17.7. The Morgan fingerprint density at radius 3 is 2.18 bits per heavy atom. The molecule has 0 saturated carbocycles. The molecule has 4 nitrogen and oxygen atoms in total. The number of benzene rings is 1. The number of amides is 2. The highest BCUT2D eigenvalue weighted by Crippen LogP contribution is 2.21. The quantitative estimate of drug-likeness (QED) is 0.625. The molecular formula is C23H32N2O2S. The monoisotopic (exact) mass is 400 g/mol. The van der Waals surface area contributed by atoms with E-state index in [0.29, 0.717) is 19.5 Å². The Balaban J connectivity index is 2.21. The molecule has 28 heavy (non-hydrogen) atoms. The molecule has 2 aromatic rings. The fraction of sp³-hybridized carbons (Fsp3) is 0.478. The molecule has 0 radical (unpaired) electrons. The molecule has 1 heterocycles. The zero-order valence-corrected chi connectivity index (χ0v) is 18.5. The lowest BCUT2D eigenvalue weighted by atomic mass is 10.0. The van der Waals surface area contributed by atoms with E-state index in [2.05, 4.69) is 19.1 Å². The molecule has 2 amide bonds. The minimum atomic E-state index is -0.389. The largest absolute Gasteiger partial charge is 0.332 e. The maximum Gasteiger partial charge on any atom is 0.242 e. The molecule has 0 aliphatic rings. The highest BCUT2D eigenvalue weighted by atomic mass is 32.1. The van der Waals surface area contributed by atoms with Gasteiger partial charge in [-0.15, -0.1) is 11.3 Å². The van der Waals surface area contributed by atoms with Gasteiger partial charge >= 0.3 is 0 Å². The second-order valence-electron chi connectivity index (χ2n) is 8.15. The lowest BCUT2D eigenvalue weighted by molar-refractivity contribution is -0.145. The van der Waals surface area contributed by atoms with Gasteiger partial charge in [0.15, 0.2) is 0 Å². The van der Waals surface area contributed by atoms with Crippen molar-refractivity contribution in [1.29, 1.82) is 0 Å². The van der Waals surface area contributed by atoms with E-state index >= 15 is 0 Å². The summed E-state index contributed by atoms with van der Waals surface area (Å²) >= 11 is 1.71. The Morgan fingerprint density at radius 2 is 1.64 bits per heavy atom. The van der Waals surface area contributed by atoms with Crippen LogP contribution in [0, 0.1) is 6.92 Å². The summed E-state index contributed by atoms with van der Waals surface area (Å²) in [6.45, 7) is 11.2. The van der Waals surface area contributed by atoms with Gasteiger partial charge in [-0.2, -0.15) is 0 Å². The number of rotatable bonds is 8. The van der Waals surface area contributed by atoms with Crippen LogP contribution in [0.1, 0.15) is 55.9 Å². The topological polar surface area (TPSA) is 40.6 Å². The third kappa shape index (κ3) is 6.48. The summed E-state index contributed by atoms with van der Waals surface area (Å²) in [6, 6.07) is 14.2. The highest BCUT2D eigenvalue weighted by molar-refractivity contribution is 7.11. The van der Waals surface area contributed by atoms with Gasteiger partial charge in [0, 0.05) is 28.3 Å². The lowest BCUT2D eigenvalue weighted by Crippen LogP contribution is -2.50. The average Bonchev–Trinajstić information content (AvgIpc) is 3.04. The van der Waals surface area contributed by atoms with Gasteiger partial charge < -0.3 is 9.80 Å². The molecule has 0 spiro atoms. The maximum atomic E-state index is 13.3. The van der Waals surface area contributed by atoms with Crippen LogP contribution in [0.2, 0.25) is 0 Å². The molecule has 2 rings (SSSR count). The van der Waals surface area contributed by atoms with Gasteiger partial charge in [0.25, 0.3) is 0 Å². The minimum absolute atomic E-state index is 0.0192. The van der Waals surface area contributed by atoms with E-state index in [1.165, 1.54) is 4.88 Å². The summed E-state index contributed by atoms with van der Waals surface area (Å²) in [7, 11) is 0. The van der Waals surface area contributed by atoms with Gasteiger partial charge in [-0.3, -0.25) is 9.59 Å². The Hall–Kier alpha value is -2.14. The van der Waals surface area contributed by atoms with E-state index in [0.717, 1.165) is 16.9 Å². The van der Waals surface area contributed by atoms with Crippen molar-refractivity contribution in [2.24, 2.45) is 0 Å². The Labute approximate surface area is 173 Å². The first kappa shape index (κ1) is 22.2. The summed E-state index contributed by atoms with van der Waals surface area (Å²) in [5.41, 5.74) is 0.700. The predicted octanol–water partition coefficient (Wildman–Crippen LogP) is 5.01. The first-order chi connectivity index (χ1) is 13.2. The van der Waals surface area contributed by atoms with Crippen LogP contribution in [0.3, 0.4) is 0 Å². The van der Waals surface area contributed by atoms with Crippen molar-refractivity contribution in [2.75, 3.05) is 6.54 Å². The Kier molecular flexibility index (Phi) is 7.81. The van der Waals surface area contributed by atoms with Crippen LogP contribution in [0.25, 0.3) is 0 Å². The fourth-order valence-corrected chi connectivity index (χ4v) is 3.98. The smallest absolute Gasteiger partial charge is 0.242 e. The molecular weight excluding hydrogens is 368 g/mol. The van der Waals surface area contributed by atoms with Gasteiger partial charge in [0.2, 0.25) is 11.8 Å². The summed E-state index contributed by atoms with van der Waals surface area (Å²) in [4.78, 5) is 31.9. The number of carbonyl (C=O) groups is 2. The molecule has 0 fully saturated rings. The van der Waals surface area contributed by atoms with E-state index < -0.39 is 0 Å². The molecule has 1 aromatic carbocycles.